The number of thiazole rings is 1. The number of aromatic nitrogens is 1. The van der Waals surface area contributed by atoms with Gasteiger partial charge in [0.1, 0.15) is 4.21 Å². The first kappa shape index (κ1) is 15.6. The number of aliphatic hydroxyl groups excluding tert-OH is 1. The summed E-state index contributed by atoms with van der Waals surface area (Å²) in [4.78, 5) is 5.15. The summed E-state index contributed by atoms with van der Waals surface area (Å²) in [6, 6.07) is 3.31. The maximum absolute atomic E-state index is 12.1. The third-order valence-corrected chi connectivity index (χ3v) is 6.68. The molecule has 5 nitrogen and oxygen atoms in total. The molecule has 0 atom stereocenters. The van der Waals surface area contributed by atoms with E-state index in [0.717, 1.165) is 15.6 Å². The lowest BCUT2D eigenvalue weighted by Gasteiger charge is -2.03. The Morgan fingerprint density at radius 2 is 2.15 bits per heavy atom. The molecule has 110 valence electrons. The van der Waals surface area contributed by atoms with Crippen molar-refractivity contribution in [1.82, 2.24) is 9.71 Å². The van der Waals surface area contributed by atoms with Gasteiger partial charge in [-0.25, -0.2) is 18.1 Å². The molecule has 2 aromatic heterocycles. The Balaban J connectivity index is 1.92. The molecule has 2 aromatic rings. The van der Waals surface area contributed by atoms with Crippen LogP contribution in [0, 0.1) is 6.92 Å². The Labute approximate surface area is 126 Å². The summed E-state index contributed by atoms with van der Waals surface area (Å²) in [5, 5.41) is 11.7. The van der Waals surface area contributed by atoms with Gasteiger partial charge in [-0.05, 0) is 19.1 Å². The van der Waals surface area contributed by atoms with E-state index in [1.165, 1.54) is 22.7 Å². The number of aliphatic hydroxyl groups is 1. The molecule has 0 aromatic carbocycles. The highest BCUT2D eigenvalue weighted by atomic mass is 32.2. The molecule has 0 radical (unpaired) electrons. The van der Waals surface area contributed by atoms with Gasteiger partial charge in [0.15, 0.2) is 0 Å². The van der Waals surface area contributed by atoms with Crippen molar-refractivity contribution in [2.24, 2.45) is 0 Å². The Kier molecular flexibility index (Phi) is 5.28. The number of nitrogens with zero attached hydrogens (tertiary/aromatic N) is 1. The summed E-state index contributed by atoms with van der Waals surface area (Å²) in [6.45, 7) is 2.28. The molecule has 0 aliphatic carbocycles. The molecule has 0 fully saturated rings. The van der Waals surface area contributed by atoms with Gasteiger partial charge in [-0.2, -0.15) is 0 Å². The van der Waals surface area contributed by atoms with Crippen LogP contribution in [0.2, 0.25) is 0 Å². The van der Waals surface area contributed by atoms with E-state index in [-0.39, 0.29) is 10.8 Å². The average molecular weight is 332 g/mol. The van der Waals surface area contributed by atoms with Crippen molar-refractivity contribution < 1.29 is 13.5 Å². The van der Waals surface area contributed by atoms with Gasteiger partial charge in [-0.15, -0.1) is 22.7 Å². The summed E-state index contributed by atoms with van der Waals surface area (Å²) >= 11 is 2.73. The van der Waals surface area contributed by atoms with Gasteiger partial charge in [0.05, 0.1) is 5.01 Å². The minimum Gasteiger partial charge on any atom is -0.396 e. The normalized spacial score (nSPS) is 11.9. The van der Waals surface area contributed by atoms with E-state index < -0.39 is 10.0 Å². The maximum atomic E-state index is 12.1. The zero-order valence-corrected chi connectivity index (χ0v) is 13.4. The number of thiophene rings is 1. The number of hydrogen-bond acceptors (Lipinski definition) is 6. The molecular weight excluding hydrogens is 316 g/mol. The molecule has 0 aliphatic heterocycles. The lowest BCUT2D eigenvalue weighted by molar-refractivity contribution is 0.300. The number of sulfonamides is 1. The number of hydrogen-bond donors (Lipinski definition) is 2. The number of rotatable bonds is 7. The van der Waals surface area contributed by atoms with Crippen LogP contribution in [0.5, 0.6) is 0 Å². The number of aryl methyl sites for hydroxylation is 1. The molecule has 0 unspecified atom stereocenters. The molecule has 20 heavy (non-hydrogen) atoms. The minimum atomic E-state index is -3.46. The van der Waals surface area contributed by atoms with Crippen LogP contribution in [0.15, 0.2) is 21.7 Å². The van der Waals surface area contributed by atoms with Crippen molar-refractivity contribution in [3.05, 3.63) is 33.1 Å². The van der Waals surface area contributed by atoms with Crippen LogP contribution in [0.3, 0.4) is 0 Å². The van der Waals surface area contributed by atoms with Crippen LogP contribution in [0.1, 0.15) is 15.6 Å². The second-order valence-electron chi connectivity index (χ2n) is 4.22. The summed E-state index contributed by atoms with van der Waals surface area (Å²) in [5.74, 6) is 0. The Hall–Kier alpha value is -0.800. The van der Waals surface area contributed by atoms with E-state index in [2.05, 4.69) is 9.71 Å². The quantitative estimate of drug-likeness (QED) is 0.806. The molecular formula is C12H16N2O3S3. The Bertz CT molecular complexity index is 661. The topological polar surface area (TPSA) is 79.3 Å². The second kappa shape index (κ2) is 6.77. The van der Waals surface area contributed by atoms with E-state index in [0.29, 0.717) is 19.4 Å². The zero-order chi connectivity index (χ0) is 14.6. The summed E-state index contributed by atoms with van der Waals surface area (Å²) in [7, 11) is -3.46. The first-order valence-electron chi connectivity index (χ1n) is 6.11. The van der Waals surface area contributed by atoms with Crippen molar-refractivity contribution >= 4 is 32.7 Å². The predicted octanol–water partition coefficient (Wildman–Crippen LogP) is 1.57. The monoisotopic (exact) mass is 332 g/mol. The standard InChI is InChI=1S/C12H16N2O3S3/c1-9-8-18-11(14-9)4-6-13-20(16,17)12-3-2-10(19-12)5-7-15/h2-3,8,13,15H,4-7H2,1H3. The molecule has 0 saturated heterocycles. The van der Waals surface area contributed by atoms with Crippen molar-refractivity contribution in [3.8, 4) is 0 Å². The average Bonchev–Trinajstić information content (AvgIpc) is 2.99. The third kappa shape index (κ3) is 4.10. The van der Waals surface area contributed by atoms with Crippen LogP contribution in [-0.4, -0.2) is 31.7 Å². The van der Waals surface area contributed by atoms with Crippen molar-refractivity contribution in [1.29, 1.82) is 0 Å². The molecule has 0 amide bonds. The predicted molar refractivity (Wildman–Crippen MR) is 80.9 cm³/mol. The second-order valence-corrected chi connectivity index (χ2v) is 8.33. The molecule has 0 saturated carbocycles. The SMILES string of the molecule is Cc1csc(CCNS(=O)(=O)c2ccc(CCO)s2)n1. The zero-order valence-electron chi connectivity index (χ0n) is 11.0. The smallest absolute Gasteiger partial charge is 0.250 e. The lowest BCUT2D eigenvalue weighted by Crippen LogP contribution is -2.25. The van der Waals surface area contributed by atoms with E-state index in [9.17, 15) is 8.42 Å². The Morgan fingerprint density at radius 1 is 1.35 bits per heavy atom. The highest BCUT2D eigenvalue weighted by Crippen LogP contribution is 2.21. The van der Waals surface area contributed by atoms with Crippen LogP contribution in [0.25, 0.3) is 0 Å². The highest BCUT2D eigenvalue weighted by Gasteiger charge is 2.16. The first-order valence-corrected chi connectivity index (χ1v) is 9.29. The first-order chi connectivity index (χ1) is 9.51. The Morgan fingerprint density at radius 3 is 2.80 bits per heavy atom. The van der Waals surface area contributed by atoms with Gasteiger partial charge in [-0.3, -0.25) is 0 Å². The lowest BCUT2D eigenvalue weighted by atomic mass is 10.4. The summed E-state index contributed by atoms with van der Waals surface area (Å²) in [6.07, 6.45) is 1.07. The summed E-state index contributed by atoms with van der Waals surface area (Å²) in [5.41, 5.74) is 0.958. The summed E-state index contributed by atoms with van der Waals surface area (Å²) < 4.78 is 27.0. The van der Waals surface area contributed by atoms with Crippen molar-refractivity contribution in [2.45, 2.75) is 24.0 Å². The van der Waals surface area contributed by atoms with Crippen LogP contribution >= 0.6 is 22.7 Å². The maximum Gasteiger partial charge on any atom is 0.250 e. The molecule has 0 spiro atoms. The molecule has 8 heteroatoms. The molecule has 2 N–H and O–H groups in total. The molecule has 0 aliphatic rings. The molecule has 0 bridgehead atoms. The number of nitrogens with one attached hydrogen (secondary N) is 1. The fourth-order valence-electron chi connectivity index (χ4n) is 1.63. The van der Waals surface area contributed by atoms with Gasteiger partial charge < -0.3 is 5.11 Å². The van der Waals surface area contributed by atoms with Gasteiger partial charge in [0.2, 0.25) is 10.0 Å². The fourth-order valence-corrected chi connectivity index (χ4v) is 4.83. The van der Waals surface area contributed by atoms with E-state index in [1.807, 2.05) is 12.3 Å². The van der Waals surface area contributed by atoms with E-state index in [4.69, 9.17) is 5.11 Å². The minimum absolute atomic E-state index is 0.0246. The van der Waals surface area contributed by atoms with Gasteiger partial charge in [0.25, 0.3) is 0 Å². The highest BCUT2D eigenvalue weighted by molar-refractivity contribution is 7.91. The van der Waals surface area contributed by atoms with Gasteiger partial charge in [-0.1, -0.05) is 0 Å². The van der Waals surface area contributed by atoms with Crippen molar-refractivity contribution in [3.63, 3.8) is 0 Å². The largest absolute Gasteiger partial charge is 0.396 e. The molecule has 2 heterocycles. The van der Waals surface area contributed by atoms with E-state index >= 15 is 0 Å². The van der Waals surface area contributed by atoms with Crippen LogP contribution < -0.4 is 4.72 Å². The van der Waals surface area contributed by atoms with Gasteiger partial charge >= 0.3 is 0 Å². The van der Waals surface area contributed by atoms with Crippen LogP contribution in [0.4, 0.5) is 0 Å². The van der Waals surface area contributed by atoms with E-state index in [1.54, 1.807) is 12.1 Å². The van der Waals surface area contributed by atoms with Gasteiger partial charge in [0, 0.05) is 41.9 Å². The molecule has 2 rings (SSSR count). The third-order valence-electron chi connectivity index (χ3n) is 2.56. The fraction of sp³-hybridized carbons (Fsp3) is 0.417. The van der Waals surface area contributed by atoms with Crippen LogP contribution in [-0.2, 0) is 22.9 Å². The van der Waals surface area contributed by atoms with Crippen molar-refractivity contribution in [2.75, 3.05) is 13.2 Å².